The van der Waals surface area contributed by atoms with Crippen molar-refractivity contribution < 1.29 is 4.79 Å². The van der Waals surface area contributed by atoms with Gasteiger partial charge in [-0.1, -0.05) is 24.4 Å². The van der Waals surface area contributed by atoms with E-state index < -0.39 is 0 Å². The van der Waals surface area contributed by atoms with Crippen LogP contribution in [0, 0.1) is 0 Å². The smallest absolute Gasteiger partial charge is 0.252 e. The molecule has 0 aliphatic heterocycles. The van der Waals surface area contributed by atoms with E-state index in [1.165, 1.54) is 0 Å². The molecule has 0 saturated heterocycles. The topological polar surface area (TPSA) is 68.0 Å². The van der Waals surface area contributed by atoms with E-state index in [1.54, 1.807) is 12.3 Å². The Morgan fingerprint density at radius 2 is 2.21 bits per heavy atom. The number of nitrogens with two attached hydrogens (primary N) is 1. The number of rotatable bonds is 4. The summed E-state index contributed by atoms with van der Waals surface area (Å²) in [4.78, 5) is 16.9. The maximum atomic E-state index is 12.2. The van der Waals surface area contributed by atoms with Gasteiger partial charge in [-0.15, -0.1) is 0 Å². The molecule has 4 nitrogen and oxygen atoms in total. The first-order chi connectivity index (χ1) is 9.08. The molecule has 5 heteroatoms. The summed E-state index contributed by atoms with van der Waals surface area (Å²) in [6, 6.07) is 9.10. The maximum absolute atomic E-state index is 12.2. The summed E-state index contributed by atoms with van der Waals surface area (Å²) in [5.74, 6) is -0.137. The average Bonchev–Trinajstić information content (AvgIpc) is 2.36. The first-order valence-electron chi connectivity index (χ1n) is 6.01. The van der Waals surface area contributed by atoms with Crippen molar-refractivity contribution in [1.82, 2.24) is 10.3 Å². The summed E-state index contributed by atoms with van der Waals surface area (Å²) in [5, 5.41) is 3.72. The Bertz CT molecular complexity index is 622. The van der Waals surface area contributed by atoms with Crippen molar-refractivity contribution in [2.45, 2.75) is 19.4 Å². The van der Waals surface area contributed by atoms with Crippen molar-refractivity contribution in [3.63, 3.8) is 0 Å². The lowest BCUT2D eigenvalue weighted by atomic mass is 10.1. The second kappa shape index (κ2) is 5.75. The van der Waals surface area contributed by atoms with Crippen molar-refractivity contribution in [2.24, 2.45) is 5.73 Å². The lowest BCUT2D eigenvalue weighted by molar-refractivity contribution is 0.0943. The van der Waals surface area contributed by atoms with Gasteiger partial charge in [0.1, 0.15) is 0 Å². The fraction of sp³-hybridized carbons (Fsp3) is 0.214. The molecule has 0 aliphatic carbocycles. The van der Waals surface area contributed by atoms with Crippen molar-refractivity contribution in [1.29, 1.82) is 0 Å². The minimum absolute atomic E-state index is 0.0862. The molecule has 1 unspecified atom stereocenters. The molecule has 0 radical (unpaired) electrons. The highest BCUT2D eigenvalue weighted by Crippen LogP contribution is 2.16. The van der Waals surface area contributed by atoms with Gasteiger partial charge in [0.05, 0.1) is 10.5 Å². The van der Waals surface area contributed by atoms with Crippen LogP contribution in [-0.4, -0.2) is 21.9 Å². The summed E-state index contributed by atoms with van der Waals surface area (Å²) in [5.41, 5.74) is 6.88. The van der Waals surface area contributed by atoms with E-state index in [-0.39, 0.29) is 11.9 Å². The largest absolute Gasteiger partial charge is 0.393 e. The SMILES string of the molecule is CC(CC(N)=S)NC(=O)c1cccc2ncccc12. The van der Waals surface area contributed by atoms with E-state index in [9.17, 15) is 4.79 Å². The molecule has 0 saturated carbocycles. The normalized spacial score (nSPS) is 12.1. The van der Waals surface area contributed by atoms with Gasteiger partial charge >= 0.3 is 0 Å². The van der Waals surface area contributed by atoms with Crippen molar-refractivity contribution in [3.8, 4) is 0 Å². The predicted molar refractivity (Wildman–Crippen MR) is 80.1 cm³/mol. The fourth-order valence-corrected chi connectivity index (χ4v) is 2.21. The lowest BCUT2D eigenvalue weighted by Gasteiger charge is -2.13. The van der Waals surface area contributed by atoms with E-state index in [0.717, 1.165) is 10.9 Å². The van der Waals surface area contributed by atoms with Crippen LogP contribution in [0.25, 0.3) is 10.9 Å². The Morgan fingerprint density at radius 3 is 2.95 bits per heavy atom. The molecule has 3 N–H and O–H groups in total. The number of hydrogen-bond donors (Lipinski definition) is 2. The van der Waals surface area contributed by atoms with Crippen LogP contribution >= 0.6 is 12.2 Å². The zero-order valence-corrected chi connectivity index (χ0v) is 11.4. The third-order valence-electron chi connectivity index (χ3n) is 2.78. The quantitative estimate of drug-likeness (QED) is 0.836. The first-order valence-corrected chi connectivity index (χ1v) is 6.41. The van der Waals surface area contributed by atoms with Gasteiger partial charge in [0.25, 0.3) is 5.91 Å². The maximum Gasteiger partial charge on any atom is 0.252 e. The number of pyridine rings is 1. The predicted octanol–water partition coefficient (Wildman–Crippen LogP) is 2.03. The molecule has 2 aromatic rings. The van der Waals surface area contributed by atoms with Gasteiger partial charge in [0.15, 0.2) is 0 Å². The van der Waals surface area contributed by atoms with Gasteiger partial charge in [0.2, 0.25) is 0 Å². The van der Waals surface area contributed by atoms with E-state index >= 15 is 0 Å². The number of carbonyl (C=O) groups is 1. The molecule has 1 heterocycles. The Morgan fingerprint density at radius 1 is 1.42 bits per heavy atom. The van der Waals surface area contributed by atoms with Crippen LogP contribution < -0.4 is 11.1 Å². The van der Waals surface area contributed by atoms with Crippen LogP contribution in [0.4, 0.5) is 0 Å². The molecule has 1 atom stereocenters. The van der Waals surface area contributed by atoms with Crippen LogP contribution in [0.3, 0.4) is 0 Å². The molecule has 1 aromatic heterocycles. The van der Waals surface area contributed by atoms with Crippen LogP contribution in [0.2, 0.25) is 0 Å². The first kappa shape index (κ1) is 13.4. The van der Waals surface area contributed by atoms with Crippen molar-refractivity contribution in [2.75, 3.05) is 0 Å². The molecule has 1 amide bonds. The molecule has 0 spiro atoms. The number of amides is 1. The number of hydrogen-bond acceptors (Lipinski definition) is 3. The third-order valence-corrected chi connectivity index (χ3v) is 2.94. The molecule has 1 aromatic carbocycles. The third kappa shape index (κ3) is 3.26. The van der Waals surface area contributed by atoms with Gasteiger partial charge in [-0.25, -0.2) is 0 Å². The summed E-state index contributed by atoms with van der Waals surface area (Å²) in [6.45, 7) is 1.88. The summed E-state index contributed by atoms with van der Waals surface area (Å²) in [6.07, 6.45) is 2.20. The van der Waals surface area contributed by atoms with Gasteiger partial charge in [-0.2, -0.15) is 0 Å². The summed E-state index contributed by atoms with van der Waals surface area (Å²) < 4.78 is 0. The van der Waals surface area contributed by atoms with Crippen molar-refractivity contribution >= 4 is 34.0 Å². The number of aromatic nitrogens is 1. The number of nitrogens with one attached hydrogen (secondary N) is 1. The zero-order chi connectivity index (χ0) is 13.8. The molecule has 98 valence electrons. The van der Waals surface area contributed by atoms with Crippen LogP contribution in [0.1, 0.15) is 23.7 Å². The van der Waals surface area contributed by atoms with Crippen LogP contribution in [0.15, 0.2) is 36.5 Å². The minimum Gasteiger partial charge on any atom is -0.393 e. The number of carbonyl (C=O) groups excluding carboxylic acids is 1. The van der Waals surface area contributed by atoms with Gasteiger partial charge < -0.3 is 11.1 Å². The van der Waals surface area contributed by atoms with E-state index in [4.69, 9.17) is 18.0 Å². The second-order valence-electron chi connectivity index (χ2n) is 4.42. The van der Waals surface area contributed by atoms with Crippen molar-refractivity contribution in [3.05, 3.63) is 42.1 Å². The van der Waals surface area contributed by atoms with Gasteiger partial charge in [-0.05, 0) is 25.1 Å². The molecule has 0 bridgehead atoms. The zero-order valence-electron chi connectivity index (χ0n) is 10.6. The van der Waals surface area contributed by atoms with E-state index in [1.807, 2.05) is 31.2 Å². The monoisotopic (exact) mass is 273 g/mol. The Kier molecular flexibility index (Phi) is 4.06. The van der Waals surface area contributed by atoms with Gasteiger partial charge in [0, 0.05) is 29.6 Å². The van der Waals surface area contributed by atoms with E-state index in [2.05, 4.69) is 10.3 Å². The van der Waals surface area contributed by atoms with E-state index in [0.29, 0.717) is 17.0 Å². The molecule has 0 fully saturated rings. The lowest BCUT2D eigenvalue weighted by Crippen LogP contribution is -2.35. The van der Waals surface area contributed by atoms with Gasteiger partial charge in [-0.3, -0.25) is 9.78 Å². The highest BCUT2D eigenvalue weighted by Gasteiger charge is 2.13. The fourth-order valence-electron chi connectivity index (χ4n) is 1.96. The highest BCUT2D eigenvalue weighted by molar-refractivity contribution is 7.80. The second-order valence-corrected chi connectivity index (χ2v) is 4.94. The minimum atomic E-state index is -0.137. The number of nitrogens with zero attached hydrogens (tertiary/aromatic N) is 1. The summed E-state index contributed by atoms with van der Waals surface area (Å²) >= 11 is 4.83. The Balaban J connectivity index is 2.24. The molecule has 0 aliphatic rings. The molecular formula is C14H15N3OS. The number of thiocarbonyl (C=S) groups is 1. The van der Waals surface area contributed by atoms with Crippen LogP contribution in [-0.2, 0) is 0 Å². The Hall–Kier alpha value is -2.01. The highest BCUT2D eigenvalue weighted by atomic mass is 32.1. The summed E-state index contributed by atoms with van der Waals surface area (Å²) in [7, 11) is 0. The molecule has 19 heavy (non-hydrogen) atoms. The standard InChI is InChI=1S/C14H15N3OS/c1-9(8-13(15)19)17-14(18)11-4-2-6-12-10(11)5-3-7-16-12/h2-7,9H,8H2,1H3,(H2,15,19)(H,17,18). The number of fused-ring (bicyclic) bond motifs is 1. The average molecular weight is 273 g/mol. The molecular weight excluding hydrogens is 258 g/mol. The number of benzene rings is 1. The Labute approximate surface area is 117 Å². The van der Waals surface area contributed by atoms with Crippen LogP contribution in [0.5, 0.6) is 0 Å². The molecule has 2 rings (SSSR count).